The fraction of sp³-hybridized carbons (Fsp3) is 0.250. The number of ether oxygens (including phenoxy) is 1. The lowest BCUT2D eigenvalue weighted by Crippen LogP contribution is -2.30. The zero-order valence-corrected chi connectivity index (χ0v) is 12.4. The molecule has 0 bridgehead atoms. The number of rotatable bonds is 1. The Morgan fingerprint density at radius 3 is 2.75 bits per heavy atom. The second-order valence-electron chi connectivity index (χ2n) is 5.16. The summed E-state index contributed by atoms with van der Waals surface area (Å²) >= 11 is 3.55. The van der Waals surface area contributed by atoms with Gasteiger partial charge in [0.05, 0.1) is 24.9 Å². The Bertz CT molecular complexity index is 632. The number of halogens is 1. The summed E-state index contributed by atoms with van der Waals surface area (Å²) in [4.78, 5) is 5.92. The van der Waals surface area contributed by atoms with Crippen molar-refractivity contribution in [1.29, 1.82) is 0 Å². The number of hydroxylamine groups is 1. The highest BCUT2D eigenvalue weighted by molar-refractivity contribution is 9.10. The van der Waals surface area contributed by atoms with Gasteiger partial charge in [0.1, 0.15) is 5.75 Å². The van der Waals surface area contributed by atoms with Crippen molar-refractivity contribution in [3.8, 4) is 5.75 Å². The molecular formula is C16H14BrNO2. The molecule has 0 spiro atoms. The van der Waals surface area contributed by atoms with Gasteiger partial charge >= 0.3 is 0 Å². The van der Waals surface area contributed by atoms with E-state index in [0.717, 1.165) is 15.9 Å². The number of benzene rings is 2. The fourth-order valence-electron chi connectivity index (χ4n) is 2.95. The van der Waals surface area contributed by atoms with Crippen molar-refractivity contribution in [1.82, 2.24) is 0 Å². The summed E-state index contributed by atoms with van der Waals surface area (Å²) in [5, 5.41) is 2.03. The first kappa shape index (κ1) is 12.2. The van der Waals surface area contributed by atoms with Crippen LogP contribution in [0.25, 0.3) is 0 Å². The molecule has 0 amide bonds. The Balaban J connectivity index is 1.79. The fourth-order valence-corrected chi connectivity index (χ4v) is 3.33. The van der Waals surface area contributed by atoms with E-state index in [0.29, 0.717) is 19.1 Å². The molecule has 4 heteroatoms. The molecule has 1 fully saturated rings. The van der Waals surface area contributed by atoms with E-state index < -0.39 is 0 Å². The van der Waals surface area contributed by atoms with Gasteiger partial charge in [0.15, 0.2) is 0 Å². The van der Waals surface area contributed by atoms with E-state index in [-0.39, 0.29) is 6.04 Å². The molecular weight excluding hydrogens is 318 g/mol. The van der Waals surface area contributed by atoms with Gasteiger partial charge in [-0.25, -0.2) is 5.06 Å². The summed E-state index contributed by atoms with van der Waals surface area (Å²) < 4.78 is 6.92. The van der Waals surface area contributed by atoms with Crippen LogP contribution in [0.3, 0.4) is 0 Å². The normalized spacial score (nSPS) is 23.9. The number of hydrogen-bond acceptors (Lipinski definition) is 3. The Labute approximate surface area is 126 Å². The van der Waals surface area contributed by atoms with Crippen LogP contribution in [0.5, 0.6) is 5.75 Å². The predicted octanol–water partition coefficient (Wildman–Crippen LogP) is 3.95. The number of fused-ring (bicyclic) bond motifs is 3. The van der Waals surface area contributed by atoms with Crippen molar-refractivity contribution in [2.24, 2.45) is 5.92 Å². The van der Waals surface area contributed by atoms with E-state index in [1.54, 1.807) is 0 Å². The van der Waals surface area contributed by atoms with Gasteiger partial charge in [-0.05, 0) is 30.3 Å². The van der Waals surface area contributed by atoms with E-state index in [4.69, 9.17) is 9.57 Å². The molecule has 2 aliphatic rings. The van der Waals surface area contributed by atoms with Crippen LogP contribution in [0.15, 0.2) is 53.0 Å². The highest BCUT2D eigenvalue weighted by Crippen LogP contribution is 2.45. The van der Waals surface area contributed by atoms with Crippen molar-refractivity contribution in [3.63, 3.8) is 0 Å². The molecule has 0 aromatic heterocycles. The molecule has 0 aliphatic carbocycles. The van der Waals surface area contributed by atoms with Gasteiger partial charge in [-0.3, -0.25) is 4.84 Å². The summed E-state index contributed by atoms with van der Waals surface area (Å²) in [6, 6.07) is 16.6. The van der Waals surface area contributed by atoms with Crippen LogP contribution in [0.2, 0.25) is 0 Å². The van der Waals surface area contributed by atoms with Gasteiger partial charge in [-0.1, -0.05) is 34.1 Å². The SMILES string of the molecule is Brc1ccc2c(c1)[C@H]1[C@@H](CO2)CON1c1ccccc1. The zero-order chi connectivity index (χ0) is 13.5. The van der Waals surface area contributed by atoms with Gasteiger partial charge in [-0.2, -0.15) is 0 Å². The molecule has 0 unspecified atom stereocenters. The van der Waals surface area contributed by atoms with E-state index in [1.165, 1.54) is 5.56 Å². The molecule has 2 heterocycles. The minimum atomic E-state index is 0.221. The van der Waals surface area contributed by atoms with Crippen molar-refractivity contribution in [2.75, 3.05) is 18.3 Å². The Morgan fingerprint density at radius 1 is 1.05 bits per heavy atom. The van der Waals surface area contributed by atoms with Gasteiger partial charge < -0.3 is 4.74 Å². The smallest absolute Gasteiger partial charge is 0.124 e. The van der Waals surface area contributed by atoms with Crippen LogP contribution in [0.4, 0.5) is 5.69 Å². The van der Waals surface area contributed by atoms with Crippen molar-refractivity contribution >= 4 is 21.6 Å². The summed E-state index contributed by atoms with van der Waals surface area (Å²) in [5.41, 5.74) is 2.28. The van der Waals surface area contributed by atoms with Crippen LogP contribution >= 0.6 is 15.9 Å². The Morgan fingerprint density at radius 2 is 1.90 bits per heavy atom. The second kappa shape index (κ2) is 4.79. The minimum Gasteiger partial charge on any atom is -0.493 e. The predicted molar refractivity (Wildman–Crippen MR) is 80.7 cm³/mol. The van der Waals surface area contributed by atoms with Gasteiger partial charge in [0.2, 0.25) is 0 Å². The zero-order valence-electron chi connectivity index (χ0n) is 10.8. The lowest BCUT2D eigenvalue weighted by atomic mass is 9.91. The Kier molecular flexibility index (Phi) is 2.93. The molecule has 2 atom stereocenters. The molecule has 102 valence electrons. The lowest BCUT2D eigenvalue weighted by Gasteiger charge is -2.32. The van der Waals surface area contributed by atoms with E-state index in [2.05, 4.69) is 34.1 Å². The van der Waals surface area contributed by atoms with Crippen LogP contribution in [-0.2, 0) is 4.84 Å². The summed E-state index contributed by atoms with van der Waals surface area (Å²) in [5.74, 6) is 1.33. The maximum atomic E-state index is 5.92. The molecule has 3 nitrogen and oxygen atoms in total. The first-order valence-electron chi connectivity index (χ1n) is 6.72. The molecule has 0 saturated carbocycles. The third-order valence-corrected chi connectivity index (χ3v) is 4.37. The largest absolute Gasteiger partial charge is 0.493 e. The lowest BCUT2D eigenvalue weighted by molar-refractivity contribution is 0.146. The van der Waals surface area contributed by atoms with Gasteiger partial charge in [0, 0.05) is 16.0 Å². The van der Waals surface area contributed by atoms with E-state index >= 15 is 0 Å². The topological polar surface area (TPSA) is 21.7 Å². The number of para-hydroxylation sites is 1. The van der Waals surface area contributed by atoms with Crippen molar-refractivity contribution in [3.05, 3.63) is 58.6 Å². The quantitative estimate of drug-likeness (QED) is 0.789. The van der Waals surface area contributed by atoms with Crippen molar-refractivity contribution < 1.29 is 9.57 Å². The van der Waals surface area contributed by atoms with Gasteiger partial charge in [0.25, 0.3) is 0 Å². The summed E-state index contributed by atoms with van der Waals surface area (Å²) in [7, 11) is 0. The highest BCUT2D eigenvalue weighted by Gasteiger charge is 2.42. The maximum absolute atomic E-state index is 5.92. The molecule has 2 aromatic carbocycles. The van der Waals surface area contributed by atoms with Gasteiger partial charge in [-0.15, -0.1) is 0 Å². The standard InChI is InChI=1S/C16H14BrNO2/c17-12-6-7-15-14(8-12)16-11(9-19-15)10-20-18(16)13-4-2-1-3-5-13/h1-8,11,16H,9-10H2/t11-,16+/m0/s1. The number of anilines is 1. The molecule has 0 N–H and O–H groups in total. The number of nitrogens with zero attached hydrogens (tertiary/aromatic N) is 1. The molecule has 1 saturated heterocycles. The van der Waals surface area contributed by atoms with Crippen molar-refractivity contribution in [2.45, 2.75) is 6.04 Å². The molecule has 4 rings (SSSR count). The molecule has 2 aliphatic heterocycles. The monoisotopic (exact) mass is 331 g/mol. The molecule has 0 radical (unpaired) electrons. The maximum Gasteiger partial charge on any atom is 0.124 e. The number of hydrogen-bond donors (Lipinski definition) is 0. The second-order valence-corrected chi connectivity index (χ2v) is 6.07. The average Bonchev–Trinajstić information content (AvgIpc) is 2.92. The third kappa shape index (κ3) is 1.91. The van der Waals surface area contributed by atoms with Crippen LogP contribution in [-0.4, -0.2) is 13.2 Å². The van der Waals surface area contributed by atoms with Crippen LogP contribution < -0.4 is 9.80 Å². The average molecular weight is 332 g/mol. The highest BCUT2D eigenvalue weighted by atomic mass is 79.9. The van der Waals surface area contributed by atoms with E-state index in [9.17, 15) is 0 Å². The molecule has 2 aromatic rings. The van der Waals surface area contributed by atoms with Crippen LogP contribution in [0.1, 0.15) is 11.6 Å². The summed E-state index contributed by atoms with van der Waals surface area (Å²) in [6.45, 7) is 1.41. The first-order valence-corrected chi connectivity index (χ1v) is 7.52. The van der Waals surface area contributed by atoms with E-state index in [1.807, 2.05) is 35.4 Å². The minimum absolute atomic E-state index is 0.221. The Hall–Kier alpha value is -1.52. The first-order chi connectivity index (χ1) is 9.83. The van der Waals surface area contributed by atoms with Crippen LogP contribution in [0, 0.1) is 5.92 Å². The molecule has 20 heavy (non-hydrogen) atoms. The third-order valence-electron chi connectivity index (χ3n) is 3.88. The summed E-state index contributed by atoms with van der Waals surface area (Å²) in [6.07, 6.45) is 0.